The number of hydrogen-bond donors (Lipinski definition) is 0. The van der Waals surface area contributed by atoms with Gasteiger partial charge in [-0.2, -0.15) is 0 Å². The second-order valence-corrected chi connectivity index (χ2v) is 12.7. The van der Waals surface area contributed by atoms with Crippen molar-refractivity contribution in [2.45, 2.75) is 32.4 Å². The molecule has 1 heterocycles. The number of benzene rings is 1. The summed E-state index contributed by atoms with van der Waals surface area (Å²) in [7, 11) is -1.01. The number of nitrogens with zero attached hydrogens (tertiary/aromatic N) is 2. The van der Waals surface area contributed by atoms with E-state index < -0.39 is 8.07 Å². The summed E-state index contributed by atoms with van der Waals surface area (Å²) in [6.07, 6.45) is 2.06. The van der Waals surface area contributed by atoms with Gasteiger partial charge in [0.05, 0.1) is 5.69 Å². The highest BCUT2D eigenvalue weighted by Gasteiger charge is 2.12. The number of imidazole rings is 1. The van der Waals surface area contributed by atoms with E-state index in [1.165, 1.54) is 6.04 Å². The molecule has 0 unspecified atom stereocenters. The number of halogens is 1. The predicted molar refractivity (Wildman–Crippen MR) is 94.5 cm³/mol. The lowest BCUT2D eigenvalue weighted by atomic mass is 10.2. The van der Waals surface area contributed by atoms with Gasteiger partial charge in [0.25, 0.3) is 0 Å². The molecule has 0 bridgehead atoms. The Kier molecular flexibility index (Phi) is 5.40. The van der Waals surface area contributed by atoms with E-state index in [4.69, 9.17) is 4.74 Å². The van der Waals surface area contributed by atoms with Gasteiger partial charge in [0.2, 0.25) is 0 Å². The molecule has 1 aromatic carbocycles. The third kappa shape index (κ3) is 4.71. The zero-order valence-electron chi connectivity index (χ0n) is 12.3. The van der Waals surface area contributed by atoms with Gasteiger partial charge in [-0.3, -0.25) is 0 Å². The molecule has 0 saturated heterocycles. The van der Waals surface area contributed by atoms with Crippen molar-refractivity contribution in [1.29, 1.82) is 0 Å². The fourth-order valence-electron chi connectivity index (χ4n) is 1.77. The Morgan fingerprint density at radius 3 is 2.55 bits per heavy atom. The molecule has 20 heavy (non-hydrogen) atoms. The first-order valence-corrected chi connectivity index (χ1v) is 11.6. The van der Waals surface area contributed by atoms with Gasteiger partial charge < -0.3 is 9.30 Å². The van der Waals surface area contributed by atoms with Crippen molar-refractivity contribution in [3.05, 3.63) is 40.4 Å². The molecule has 2 aromatic rings. The molecule has 0 spiro atoms. The first kappa shape index (κ1) is 15.7. The van der Waals surface area contributed by atoms with Crippen molar-refractivity contribution in [2.75, 3.05) is 6.61 Å². The summed E-state index contributed by atoms with van der Waals surface area (Å²) in [5.41, 5.74) is 2.15. The quantitative estimate of drug-likeness (QED) is 0.407. The van der Waals surface area contributed by atoms with Crippen molar-refractivity contribution in [3.8, 4) is 11.3 Å². The molecular formula is C15H21IN2OSi. The lowest BCUT2D eigenvalue weighted by molar-refractivity contribution is 0.0854. The smallest absolute Gasteiger partial charge is 0.173 e. The molecular weight excluding hydrogens is 379 g/mol. The normalized spacial score (nSPS) is 11.8. The van der Waals surface area contributed by atoms with Gasteiger partial charge in [0.15, 0.2) is 3.83 Å². The molecule has 1 aromatic heterocycles. The van der Waals surface area contributed by atoms with Gasteiger partial charge in [0.1, 0.15) is 6.73 Å². The van der Waals surface area contributed by atoms with E-state index in [0.717, 1.165) is 21.7 Å². The highest BCUT2D eigenvalue weighted by molar-refractivity contribution is 14.1. The van der Waals surface area contributed by atoms with Gasteiger partial charge >= 0.3 is 0 Å². The van der Waals surface area contributed by atoms with Crippen LogP contribution >= 0.6 is 22.6 Å². The van der Waals surface area contributed by atoms with E-state index in [0.29, 0.717) is 6.73 Å². The lowest BCUT2D eigenvalue weighted by Gasteiger charge is -2.15. The maximum absolute atomic E-state index is 5.78. The first-order valence-electron chi connectivity index (χ1n) is 6.81. The minimum atomic E-state index is -1.01. The molecule has 0 N–H and O–H groups in total. The van der Waals surface area contributed by atoms with Gasteiger partial charge in [0, 0.05) is 49.0 Å². The highest BCUT2D eigenvalue weighted by Crippen LogP contribution is 2.19. The lowest BCUT2D eigenvalue weighted by Crippen LogP contribution is -2.22. The van der Waals surface area contributed by atoms with E-state index in [1.54, 1.807) is 0 Å². The van der Waals surface area contributed by atoms with Crippen LogP contribution < -0.4 is 0 Å². The van der Waals surface area contributed by atoms with Crippen LogP contribution in [-0.4, -0.2) is 24.2 Å². The molecule has 0 fully saturated rings. The fourth-order valence-corrected chi connectivity index (χ4v) is 3.07. The maximum Gasteiger partial charge on any atom is 0.173 e. The zero-order chi connectivity index (χ0) is 14.6. The summed E-state index contributed by atoms with van der Waals surface area (Å²) in [4.78, 5) is 4.59. The van der Waals surface area contributed by atoms with Gasteiger partial charge in [-0.25, -0.2) is 4.98 Å². The third-order valence-corrected chi connectivity index (χ3v) is 5.59. The van der Waals surface area contributed by atoms with Crippen molar-refractivity contribution < 1.29 is 4.74 Å². The predicted octanol–water partition coefficient (Wildman–Crippen LogP) is 4.47. The molecule has 3 nitrogen and oxygen atoms in total. The molecule has 0 saturated carbocycles. The Labute approximate surface area is 135 Å². The van der Waals surface area contributed by atoms with E-state index in [-0.39, 0.29) is 0 Å². The zero-order valence-corrected chi connectivity index (χ0v) is 15.4. The van der Waals surface area contributed by atoms with Crippen LogP contribution in [0.1, 0.15) is 0 Å². The van der Waals surface area contributed by atoms with Crippen LogP contribution in [-0.2, 0) is 11.5 Å². The Morgan fingerprint density at radius 2 is 1.90 bits per heavy atom. The Hall–Kier alpha value is -0.663. The third-order valence-electron chi connectivity index (χ3n) is 3.02. The molecule has 0 aliphatic carbocycles. The Morgan fingerprint density at radius 1 is 1.20 bits per heavy atom. The highest BCUT2D eigenvalue weighted by atomic mass is 127. The molecule has 0 atom stereocenters. The summed E-state index contributed by atoms with van der Waals surface area (Å²) in [5, 5.41) is 0. The van der Waals surface area contributed by atoms with E-state index >= 15 is 0 Å². The van der Waals surface area contributed by atoms with Crippen LogP contribution in [0, 0.1) is 3.83 Å². The van der Waals surface area contributed by atoms with E-state index in [2.05, 4.69) is 70.1 Å². The van der Waals surface area contributed by atoms with Crippen LogP contribution in [0.4, 0.5) is 0 Å². The number of aromatic nitrogens is 2. The van der Waals surface area contributed by atoms with Crippen LogP contribution in [0.25, 0.3) is 11.3 Å². The Bertz CT molecular complexity index is 549. The van der Waals surface area contributed by atoms with E-state index in [1.807, 2.05) is 18.2 Å². The van der Waals surface area contributed by atoms with Gasteiger partial charge in [-0.1, -0.05) is 50.0 Å². The molecule has 0 amide bonds. The minimum Gasteiger partial charge on any atom is -0.361 e. The fraction of sp³-hybridized carbons (Fsp3) is 0.400. The average Bonchev–Trinajstić information content (AvgIpc) is 2.76. The number of ether oxygens (including phenoxy) is 1. The molecule has 108 valence electrons. The molecule has 2 rings (SSSR count). The summed E-state index contributed by atoms with van der Waals surface area (Å²) >= 11 is 2.26. The van der Waals surface area contributed by atoms with Crippen molar-refractivity contribution in [1.82, 2.24) is 9.55 Å². The van der Waals surface area contributed by atoms with Gasteiger partial charge in [-0.05, 0) is 6.04 Å². The molecule has 5 heteroatoms. The maximum atomic E-state index is 5.78. The summed E-state index contributed by atoms with van der Waals surface area (Å²) in [6.45, 7) is 8.52. The average molecular weight is 400 g/mol. The molecule has 0 aliphatic heterocycles. The minimum absolute atomic E-state index is 0.586. The Balaban J connectivity index is 1.95. The molecule has 0 radical (unpaired) electrons. The van der Waals surface area contributed by atoms with Crippen molar-refractivity contribution in [2.24, 2.45) is 0 Å². The summed E-state index contributed by atoms with van der Waals surface area (Å²) in [5.74, 6) is 0. The summed E-state index contributed by atoms with van der Waals surface area (Å²) < 4.78 is 8.81. The summed E-state index contributed by atoms with van der Waals surface area (Å²) in [6, 6.07) is 11.4. The number of rotatable bonds is 6. The first-order chi connectivity index (χ1) is 9.46. The van der Waals surface area contributed by atoms with Crippen LogP contribution in [0.2, 0.25) is 25.7 Å². The van der Waals surface area contributed by atoms with Crippen molar-refractivity contribution in [3.63, 3.8) is 0 Å². The second-order valence-electron chi connectivity index (χ2n) is 6.08. The largest absolute Gasteiger partial charge is 0.361 e. The van der Waals surface area contributed by atoms with Crippen LogP contribution in [0.5, 0.6) is 0 Å². The molecule has 0 aliphatic rings. The standard InChI is InChI=1S/C15H21IN2OSi/c1-20(2,3)10-9-19-12-18-11-14(17-15(18)16)13-7-5-4-6-8-13/h4-8,11H,9-10,12H2,1-3H3. The monoisotopic (exact) mass is 400 g/mol. The van der Waals surface area contributed by atoms with Crippen LogP contribution in [0.3, 0.4) is 0 Å². The van der Waals surface area contributed by atoms with Crippen LogP contribution in [0.15, 0.2) is 36.5 Å². The SMILES string of the molecule is C[Si](C)(C)CCOCn1cc(-c2ccccc2)nc1I. The van der Waals surface area contributed by atoms with Gasteiger partial charge in [-0.15, -0.1) is 0 Å². The second kappa shape index (κ2) is 6.86. The number of hydrogen-bond acceptors (Lipinski definition) is 2. The van der Waals surface area contributed by atoms with Crippen molar-refractivity contribution >= 4 is 30.7 Å². The van der Waals surface area contributed by atoms with E-state index in [9.17, 15) is 0 Å². The topological polar surface area (TPSA) is 27.1 Å².